The van der Waals surface area contributed by atoms with E-state index in [0.717, 1.165) is 18.8 Å². The lowest BCUT2D eigenvalue weighted by Crippen LogP contribution is -2.56. The fourth-order valence-corrected chi connectivity index (χ4v) is 3.49. The van der Waals surface area contributed by atoms with E-state index in [9.17, 15) is 14.7 Å². The summed E-state index contributed by atoms with van der Waals surface area (Å²) in [6, 6.07) is 1.97. The Kier molecular flexibility index (Phi) is 6.18. The number of hydrogen-bond acceptors (Lipinski definition) is 4. The molecule has 1 unspecified atom stereocenters. The number of amides is 1. The van der Waals surface area contributed by atoms with E-state index in [4.69, 9.17) is 0 Å². The van der Waals surface area contributed by atoms with Gasteiger partial charge in [-0.3, -0.25) is 14.5 Å². The highest BCUT2D eigenvalue weighted by Crippen LogP contribution is 2.17. The van der Waals surface area contributed by atoms with Gasteiger partial charge >= 0.3 is 0 Å². The number of carbonyl (C=O) groups excluding carboxylic acids is 1. The number of aromatic nitrogens is 1. The van der Waals surface area contributed by atoms with E-state index in [2.05, 4.69) is 23.7 Å². The zero-order valence-corrected chi connectivity index (χ0v) is 15.1. The van der Waals surface area contributed by atoms with Crippen molar-refractivity contribution in [3.05, 3.63) is 33.2 Å². The predicted molar refractivity (Wildman–Crippen MR) is 94.3 cm³/mol. The van der Waals surface area contributed by atoms with Crippen LogP contribution in [0.4, 0.5) is 0 Å². The molecule has 1 aromatic rings. The highest BCUT2D eigenvalue weighted by molar-refractivity contribution is 5.95. The second kappa shape index (κ2) is 7.94. The topological polar surface area (TPSA) is 76.6 Å². The van der Waals surface area contributed by atoms with E-state index < -0.39 is 0 Å². The number of nitrogens with zero attached hydrogens (tertiary/aromatic N) is 2. The van der Waals surface area contributed by atoms with Crippen molar-refractivity contribution in [2.24, 2.45) is 5.92 Å². The molecule has 1 amide bonds. The van der Waals surface area contributed by atoms with Gasteiger partial charge in [0.2, 0.25) is 0 Å². The van der Waals surface area contributed by atoms with Crippen molar-refractivity contribution in [1.82, 2.24) is 14.8 Å². The van der Waals surface area contributed by atoms with Crippen molar-refractivity contribution in [2.45, 2.75) is 40.2 Å². The smallest absolute Gasteiger partial charge is 0.261 e. The van der Waals surface area contributed by atoms with Crippen LogP contribution >= 0.6 is 0 Å². The van der Waals surface area contributed by atoms with Gasteiger partial charge in [0.15, 0.2) is 0 Å². The fourth-order valence-electron chi connectivity index (χ4n) is 3.49. The van der Waals surface area contributed by atoms with Crippen LogP contribution in [-0.4, -0.2) is 64.6 Å². The summed E-state index contributed by atoms with van der Waals surface area (Å²) >= 11 is 0. The maximum Gasteiger partial charge on any atom is 0.261 e. The molecule has 0 spiro atoms. The Labute approximate surface area is 143 Å². The summed E-state index contributed by atoms with van der Waals surface area (Å²) in [6.45, 7) is 10.9. The lowest BCUT2D eigenvalue weighted by Gasteiger charge is -2.42. The minimum atomic E-state index is -0.319. The Morgan fingerprint density at radius 2 is 2.08 bits per heavy atom. The first-order valence-corrected chi connectivity index (χ1v) is 8.68. The van der Waals surface area contributed by atoms with Crippen molar-refractivity contribution in [2.75, 3.05) is 32.8 Å². The molecule has 6 heteroatoms. The number of pyridine rings is 1. The molecule has 1 saturated heterocycles. The minimum Gasteiger partial charge on any atom is -0.396 e. The van der Waals surface area contributed by atoms with Crippen LogP contribution < -0.4 is 5.56 Å². The van der Waals surface area contributed by atoms with Crippen molar-refractivity contribution in [3.63, 3.8) is 0 Å². The van der Waals surface area contributed by atoms with Crippen molar-refractivity contribution < 1.29 is 9.90 Å². The maximum absolute atomic E-state index is 12.9. The Morgan fingerprint density at radius 3 is 2.67 bits per heavy atom. The molecule has 1 aromatic heterocycles. The zero-order valence-electron chi connectivity index (χ0n) is 15.1. The van der Waals surface area contributed by atoms with E-state index in [1.165, 1.54) is 0 Å². The summed E-state index contributed by atoms with van der Waals surface area (Å²) in [4.78, 5) is 31.9. The largest absolute Gasteiger partial charge is 0.396 e. The predicted octanol–water partition coefficient (Wildman–Crippen LogP) is 1.16. The molecule has 1 atom stereocenters. The molecule has 24 heavy (non-hydrogen) atoms. The Morgan fingerprint density at radius 1 is 1.38 bits per heavy atom. The summed E-state index contributed by atoms with van der Waals surface area (Å²) in [5.41, 5.74) is 1.39. The van der Waals surface area contributed by atoms with E-state index in [1.54, 1.807) is 11.8 Å². The van der Waals surface area contributed by atoms with Crippen LogP contribution in [0.15, 0.2) is 10.9 Å². The van der Waals surface area contributed by atoms with Crippen LogP contribution in [0.3, 0.4) is 0 Å². The van der Waals surface area contributed by atoms with Crippen LogP contribution in [0.2, 0.25) is 0 Å². The monoisotopic (exact) mass is 335 g/mol. The molecule has 0 aromatic carbocycles. The summed E-state index contributed by atoms with van der Waals surface area (Å²) in [5.74, 6) is 0.330. The number of hydrogen-bond donors (Lipinski definition) is 2. The van der Waals surface area contributed by atoms with Crippen LogP contribution in [0.25, 0.3) is 0 Å². The van der Waals surface area contributed by atoms with Crippen LogP contribution in [0, 0.1) is 19.8 Å². The number of aromatic amines is 1. The Bertz CT molecular complexity index is 639. The van der Waals surface area contributed by atoms with Crippen LogP contribution in [0.1, 0.15) is 41.9 Å². The second-order valence-corrected chi connectivity index (χ2v) is 7.15. The third-order valence-electron chi connectivity index (χ3n) is 4.53. The van der Waals surface area contributed by atoms with E-state index in [-0.39, 0.29) is 29.7 Å². The summed E-state index contributed by atoms with van der Waals surface area (Å²) in [5, 5.41) is 9.35. The van der Waals surface area contributed by atoms with Gasteiger partial charge in [-0.25, -0.2) is 0 Å². The number of carbonyl (C=O) groups is 1. The van der Waals surface area contributed by atoms with Gasteiger partial charge in [-0.05, 0) is 37.8 Å². The third-order valence-corrected chi connectivity index (χ3v) is 4.53. The lowest BCUT2D eigenvalue weighted by atomic mass is 10.0. The number of aryl methyl sites for hydroxylation is 2. The van der Waals surface area contributed by atoms with Crippen molar-refractivity contribution in [3.8, 4) is 0 Å². The molecule has 2 rings (SSSR count). The van der Waals surface area contributed by atoms with Crippen molar-refractivity contribution >= 4 is 5.91 Å². The van der Waals surface area contributed by atoms with Gasteiger partial charge in [-0.2, -0.15) is 0 Å². The SMILES string of the molecule is Cc1cc(C)c(C(=O)N2CCN(CC(C)C)C(CCO)C2)c(=O)[nH]1. The number of rotatable bonds is 5. The highest BCUT2D eigenvalue weighted by Gasteiger charge is 2.31. The second-order valence-electron chi connectivity index (χ2n) is 7.15. The molecule has 134 valence electrons. The fraction of sp³-hybridized carbons (Fsp3) is 0.667. The lowest BCUT2D eigenvalue weighted by molar-refractivity contribution is 0.0383. The molecule has 2 heterocycles. The van der Waals surface area contributed by atoms with E-state index in [0.29, 0.717) is 31.0 Å². The number of nitrogens with one attached hydrogen (secondary N) is 1. The molecule has 1 fully saturated rings. The summed E-state index contributed by atoms with van der Waals surface area (Å²) < 4.78 is 0. The van der Waals surface area contributed by atoms with Gasteiger partial charge in [0.25, 0.3) is 11.5 Å². The van der Waals surface area contributed by atoms with Gasteiger partial charge in [-0.1, -0.05) is 13.8 Å². The molecule has 2 N–H and O–H groups in total. The number of piperazine rings is 1. The average Bonchev–Trinajstić information content (AvgIpc) is 2.47. The minimum absolute atomic E-state index is 0.103. The molecule has 0 saturated carbocycles. The van der Waals surface area contributed by atoms with Gasteiger partial charge in [-0.15, -0.1) is 0 Å². The molecular weight excluding hydrogens is 306 g/mol. The number of H-pyrrole nitrogens is 1. The molecule has 6 nitrogen and oxygen atoms in total. The van der Waals surface area contributed by atoms with Crippen LogP contribution in [-0.2, 0) is 0 Å². The van der Waals surface area contributed by atoms with Crippen molar-refractivity contribution in [1.29, 1.82) is 0 Å². The van der Waals surface area contributed by atoms with Crippen LogP contribution in [0.5, 0.6) is 0 Å². The van der Waals surface area contributed by atoms with Gasteiger partial charge in [0, 0.05) is 44.5 Å². The zero-order chi connectivity index (χ0) is 17.9. The molecule has 1 aliphatic rings. The molecule has 0 radical (unpaired) electrons. The highest BCUT2D eigenvalue weighted by atomic mass is 16.3. The van der Waals surface area contributed by atoms with Gasteiger partial charge < -0.3 is 15.0 Å². The first kappa shape index (κ1) is 18.7. The van der Waals surface area contributed by atoms with E-state index >= 15 is 0 Å². The standard InChI is InChI=1S/C18H29N3O3/c1-12(2)10-20-6-7-21(11-15(20)5-8-22)18(24)16-13(3)9-14(4)19-17(16)23/h9,12,15,22H,5-8,10-11H2,1-4H3,(H,19,23). The maximum atomic E-state index is 12.9. The molecular formula is C18H29N3O3. The third kappa shape index (κ3) is 4.24. The quantitative estimate of drug-likeness (QED) is 0.846. The first-order valence-electron chi connectivity index (χ1n) is 8.68. The van der Waals surface area contributed by atoms with Gasteiger partial charge in [0.05, 0.1) is 0 Å². The first-order chi connectivity index (χ1) is 11.3. The normalized spacial score (nSPS) is 19.1. The number of aliphatic hydroxyl groups is 1. The average molecular weight is 335 g/mol. The molecule has 1 aliphatic heterocycles. The Balaban J connectivity index is 2.18. The summed E-state index contributed by atoms with van der Waals surface area (Å²) in [6.07, 6.45) is 0.639. The number of aliphatic hydroxyl groups excluding tert-OH is 1. The van der Waals surface area contributed by atoms with Gasteiger partial charge in [0.1, 0.15) is 5.56 Å². The molecule has 0 aliphatic carbocycles. The molecule has 0 bridgehead atoms. The Hall–Kier alpha value is -1.66. The van der Waals surface area contributed by atoms with E-state index in [1.807, 2.05) is 13.0 Å². The summed E-state index contributed by atoms with van der Waals surface area (Å²) in [7, 11) is 0.